The largest absolute Gasteiger partial charge is 0.368 e. The first-order chi connectivity index (χ1) is 14.0. The Hall–Kier alpha value is -2.54. The number of hydrogen-bond donors (Lipinski definition) is 0. The zero-order valence-corrected chi connectivity index (χ0v) is 17.4. The van der Waals surface area contributed by atoms with Crippen molar-refractivity contribution in [2.45, 2.75) is 32.7 Å². The number of carbonyl (C=O) groups is 2. The molecule has 3 heterocycles. The molecule has 2 amide bonds. The van der Waals surface area contributed by atoms with Gasteiger partial charge in [0.05, 0.1) is 5.69 Å². The minimum atomic E-state index is -0.000926. The molecule has 154 valence electrons. The van der Waals surface area contributed by atoms with E-state index in [0.717, 1.165) is 48.3 Å². The molecule has 0 atom stereocenters. The Kier molecular flexibility index (Phi) is 5.76. The number of anilines is 2. The number of amides is 2. The standard InChI is InChI=1S/C21H26ClN5O2/c1-16-15-19-26(9-2-10-27(19)23-16)21(29)8-7-20(28)25-13-11-24(12-14-25)18-5-3-17(22)4-6-18/h3-6,15H,2,7-14H2,1H3. The number of aromatic nitrogens is 2. The van der Waals surface area contributed by atoms with Gasteiger partial charge in [-0.25, -0.2) is 4.68 Å². The van der Waals surface area contributed by atoms with Crippen LogP contribution in [0.5, 0.6) is 0 Å². The fourth-order valence-corrected chi connectivity index (χ4v) is 4.16. The Balaban J connectivity index is 1.27. The third kappa shape index (κ3) is 4.40. The van der Waals surface area contributed by atoms with Crippen molar-refractivity contribution in [3.05, 3.63) is 41.0 Å². The van der Waals surface area contributed by atoms with Crippen molar-refractivity contribution < 1.29 is 9.59 Å². The van der Waals surface area contributed by atoms with Gasteiger partial charge in [0.15, 0.2) is 0 Å². The monoisotopic (exact) mass is 415 g/mol. The Morgan fingerprint density at radius 2 is 1.66 bits per heavy atom. The number of benzene rings is 1. The molecule has 8 heteroatoms. The molecule has 29 heavy (non-hydrogen) atoms. The van der Waals surface area contributed by atoms with E-state index in [1.165, 1.54) is 0 Å². The predicted molar refractivity (Wildman–Crippen MR) is 113 cm³/mol. The maximum absolute atomic E-state index is 12.7. The highest BCUT2D eigenvalue weighted by atomic mass is 35.5. The molecule has 0 aliphatic carbocycles. The summed E-state index contributed by atoms with van der Waals surface area (Å²) < 4.78 is 1.88. The highest BCUT2D eigenvalue weighted by molar-refractivity contribution is 6.30. The normalized spacial score (nSPS) is 16.7. The van der Waals surface area contributed by atoms with Crippen molar-refractivity contribution in [2.75, 3.05) is 42.5 Å². The van der Waals surface area contributed by atoms with Crippen LogP contribution in [-0.4, -0.2) is 59.2 Å². The lowest BCUT2D eigenvalue weighted by Crippen LogP contribution is -2.49. The van der Waals surface area contributed by atoms with E-state index in [4.69, 9.17) is 11.6 Å². The lowest BCUT2D eigenvalue weighted by Gasteiger charge is -2.36. The number of carbonyl (C=O) groups excluding carboxylic acids is 2. The van der Waals surface area contributed by atoms with Crippen LogP contribution in [0.25, 0.3) is 0 Å². The highest BCUT2D eigenvalue weighted by Gasteiger charge is 2.26. The van der Waals surface area contributed by atoms with Gasteiger partial charge in [-0.2, -0.15) is 5.10 Å². The first-order valence-electron chi connectivity index (χ1n) is 10.1. The first kappa shape index (κ1) is 19.8. The molecule has 0 unspecified atom stereocenters. The molecule has 1 saturated heterocycles. The average Bonchev–Trinajstić information content (AvgIpc) is 3.12. The summed E-state index contributed by atoms with van der Waals surface area (Å²) in [5.74, 6) is 0.901. The van der Waals surface area contributed by atoms with Gasteiger partial charge in [-0.3, -0.25) is 14.5 Å². The van der Waals surface area contributed by atoms with E-state index in [1.54, 1.807) is 4.90 Å². The van der Waals surface area contributed by atoms with Crippen LogP contribution in [0.4, 0.5) is 11.5 Å². The summed E-state index contributed by atoms with van der Waals surface area (Å²) in [6.07, 6.45) is 1.38. The van der Waals surface area contributed by atoms with Gasteiger partial charge in [-0.15, -0.1) is 0 Å². The quantitative estimate of drug-likeness (QED) is 0.770. The van der Waals surface area contributed by atoms with Gasteiger partial charge in [-0.1, -0.05) is 11.6 Å². The maximum atomic E-state index is 12.7. The number of aryl methyl sites for hydroxylation is 2. The number of hydrogen-bond acceptors (Lipinski definition) is 4. The lowest BCUT2D eigenvalue weighted by molar-refractivity contribution is -0.133. The second-order valence-corrected chi connectivity index (χ2v) is 8.05. The molecule has 2 aromatic rings. The molecule has 1 fully saturated rings. The zero-order valence-electron chi connectivity index (χ0n) is 16.7. The van der Waals surface area contributed by atoms with Crippen LogP contribution in [0.1, 0.15) is 25.0 Å². The summed E-state index contributed by atoms with van der Waals surface area (Å²) in [5, 5.41) is 5.15. The van der Waals surface area contributed by atoms with Crippen LogP contribution >= 0.6 is 11.6 Å². The van der Waals surface area contributed by atoms with Crippen molar-refractivity contribution in [3.8, 4) is 0 Å². The molecule has 0 saturated carbocycles. The molecule has 1 aromatic heterocycles. The molecule has 1 aromatic carbocycles. The Morgan fingerprint density at radius 3 is 2.38 bits per heavy atom. The third-order valence-electron chi connectivity index (χ3n) is 5.59. The third-order valence-corrected chi connectivity index (χ3v) is 5.84. The molecule has 0 radical (unpaired) electrons. The van der Waals surface area contributed by atoms with Crippen LogP contribution in [0.15, 0.2) is 30.3 Å². The van der Waals surface area contributed by atoms with Crippen LogP contribution < -0.4 is 9.80 Å². The van der Waals surface area contributed by atoms with E-state index >= 15 is 0 Å². The maximum Gasteiger partial charge on any atom is 0.228 e. The Labute approximate surface area is 175 Å². The van der Waals surface area contributed by atoms with Gasteiger partial charge in [0, 0.05) is 68.9 Å². The Morgan fingerprint density at radius 1 is 0.966 bits per heavy atom. The second kappa shape index (κ2) is 8.45. The predicted octanol–water partition coefficient (Wildman–Crippen LogP) is 2.71. The smallest absolute Gasteiger partial charge is 0.228 e. The molecule has 2 aliphatic heterocycles. The molecular weight excluding hydrogens is 390 g/mol. The van der Waals surface area contributed by atoms with Gasteiger partial charge in [0.25, 0.3) is 0 Å². The van der Waals surface area contributed by atoms with E-state index in [-0.39, 0.29) is 24.7 Å². The Bertz CT molecular complexity index is 887. The van der Waals surface area contributed by atoms with E-state index in [2.05, 4.69) is 10.00 Å². The summed E-state index contributed by atoms with van der Waals surface area (Å²) in [6.45, 7) is 6.37. The zero-order chi connectivity index (χ0) is 20.4. The van der Waals surface area contributed by atoms with E-state index in [0.29, 0.717) is 19.6 Å². The molecule has 0 spiro atoms. The van der Waals surface area contributed by atoms with E-state index in [9.17, 15) is 9.59 Å². The molecule has 2 aliphatic rings. The van der Waals surface area contributed by atoms with Crippen LogP contribution in [-0.2, 0) is 16.1 Å². The van der Waals surface area contributed by atoms with Gasteiger partial charge in [-0.05, 0) is 37.6 Å². The van der Waals surface area contributed by atoms with Crippen molar-refractivity contribution >= 4 is 34.9 Å². The van der Waals surface area contributed by atoms with E-state index in [1.807, 2.05) is 46.8 Å². The molecule has 7 nitrogen and oxygen atoms in total. The number of halogens is 1. The summed E-state index contributed by atoms with van der Waals surface area (Å²) in [5.41, 5.74) is 2.03. The highest BCUT2D eigenvalue weighted by Crippen LogP contribution is 2.23. The van der Waals surface area contributed by atoms with Gasteiger partial charge >= 0.3 is 0 Å². The minimum absolute atomic E-state index is 0.000926. The SMILES string of the molecule is Cc1cc2n(n1)CCCN2C(=O)CCC(=O)N1CCN(c2ccc(Cl)cc2)CC1. The first-order valence-corrected chi connectivity index (χ1v) is 10.5. The van der Waals surface area contributed by atoms with Crippen molar-refractivity contribution in [1.82, 2.24) is 14.7 Å². The summed E-state index contributed by atoms with van der Waals surface area (Å²) in [6, 6.07) is 9.71. The molecule has 0 bridgehead atoms. The molecule has 4 rings (SSSR count). The van der Waals surface area contributed by atoms with Crippen LogP contribution in [0, 0.1) is 6.92 Å². The number of nitrogens with zero attached hydrogens (tertiary/aromatic N) is 5. The summed E-state index contributed by atoms with van der Waals surface area (Å²) >= 11 is 5.95. The lowest BCUT2D eigenvalue weighted by atomic mass is 10.2. The number of fused-ring (bicyclic) bond motifs is 1. The fraction of sp³-hybridized carbons (Fsp3) is 0.476. The number of rotatable bonds is 4. The van der Waals surface area contributed by atoms with E-state index < -0.39 is 0 Å². The van der Waals surface area contributed by atoms with Gasteiger partial charge < -0.3 is 9.80 Å². The van der Waals surface area contributed by atoms with Crippen LogP contribution in [0.2, 0.25) is 5.02 Å². The second-order valence-electron chi connectivity index (χ2n) is 7.61. The fourth-order valence-electron chi connectivity index (χ4n) is 4.03. The topological polar surface area (TPSA) is 61.7 Å². The molecular formula is C21H26ClN5O2. The van der Waals surface area contributed by atoms with Crippen molar-refractivity contribution in [2.24, 2.45) is 0 Å². The number of piperazine rings is 1. The summed E-state index contributed by atoms with van der Waals surface area (Å²) in [7, 11) is 0. The summed E-state index contributed by atoms with van der Waals surface area (Å²) in [4.78, 5) is 31.2. The van der Waals surface area contributed by atoms with Gasteiger partial charge in [0.1, 0.15) is 5.82 Å². The molecule has 0 N–H and O–H groups in total. The van der Waals surface area contributed by atoms with Crippen molar-refractivity contribution in [1.29, 1.82) is 0 Å². The minimum Gasteiger partial charge on any atom is -0.368 e. The van der Waals surface area contributed by atoms with Gasteiger partial charge in [0.2, 0.25) is 11.8 Å². The average molecular weight is 416 g/mol. The van der Waals surface area contributed by atoms with Crippen LogP contribution in [0.3, 0.4) is 0 Å². The van der Waals surface area contributed by atoms with Crippen molar-refractivity contribution in [3.63, 3.8) is 0 Å².